The van der Waals surface area contributed by atoms with Gasteiger partial charge < -0.3 is 14.8 Å². The van der Waals surface area contributed by atoms with E-state index in [0.29, 0.717) is 35.5 Å². The summed E-state index contributed by atoms with van der Waals surface area (Å²) in [5, 5.41) is 2.76. The van der Waals surface area contributed by atoms with Gasteiger partial charge in [-0.2, -0.15) is 0 Å². The van der Waals surface area contributed by atoms with E-state index >= 15 is 0 Å². The molecular formula is C21H21N3O4. The number of rotatable bonds is 7. The largest absolute Gasteiger partial charge is 0.492 e. The molecule has 1 aromatic heterocycles. The SMILES string of the molecule is CCOc1ccccc1NC(=O)C(CC)OC(=O)c1cnc2ccccc2n1. The van der Waals surface area contributed by atoms with E-state index in [1.807, 2.05) is 25.1 Å². The summed E-state index contributed by atoms with van der Waals surface area (Å²) in [5.74, 6) is -0.574. The molecule has 0 fully saturated rings. The molecule has 3 rings (SSSR count). The minimum atomic E-state index is -0.963. The fraction of sp³-hybridized carbons (Fsp3) is 0.238. The van der Waals surface area contributed by atoms with Crippen LogP contribution >= 0.6 is 0 Å². The number of carbonyl (C=O) groups is 2. The number of para-hydroxylation sites is 4. The monoisotopic (exact) mass is 379 g/mol. The number of nitrogens with one attached hydrogen (secondary N) is 1. The van der Waals surface area contributed by atoms with Crippen LogP contribution in [0.15, 0.2) is 54.7 Å². The fourth-order valence-corrected chi connectivity index (χ4v) is 2.63. The average molecular weight is 379 g/mol. The molecule has 0 spiro atoms. The van der Waals surface area contributed by atoms with E-state index in [1.165, 1.54) is 6.20 Å². The maximum Gasteiger partial charge on any atom is 0.359 e. The highest BCUT2D eigenvalue weighted by Gasteiger charge is 2.24. The maximum absolute atomic E-state index is 12.6. The zero-order valence-electron chi connectivity index (χ0n) is 15.7. The molecule has 28 heavy (non-hydrogen) atoms. The van der Waals surface area contributed by atoms with Gasteiger partial charge in [-0.05, 0) is 37.6 Å². The van der Waals surface area contributed by atoms with Crippen LogP contribution in [0.3, 0.4) is 0 Å². The minimum Gasteiger partial charge on any atom is -0.492 e. The van der Waals surface area contributed by atoms with E-state index in [9.17, 15) is 9.59 Å². The minimum absolute atomic E-state index is 0.0552. The third-order valence-corrected chi connectivity index (χ3v) is 4.01. The van der Waals surface area contributed by atoms with Gasteiger partial charge in [0.25, 0.3) is 5.91 Å². The van der Waals surface area contributed by atoms with Crippen molar-refractivity contribution in [3.63, 3.8) is 0 Å². The van der Waals surface area contributed by atoms with E-state index in [4.69, 9.17) is 9.47 Å². The zero-order chi connectivity index (χ0) is 19.9. The predicted molar refractivity (Wildman–Crippen MR) is 105 cm³/mol. The Morgan fingerprint density at radius 1 is 1.04 bits per heavy atom. The van der Waals surface area contributed by atoms with Gasteiger partial charge in [0.15, 0.2) is 11.8 Å². The van der Waals surface area contributed by atoms with Crippen molar-refractivity contribution in [3.05, 3.63) is 60.4 Å². The van der Waals surface area contributed by atoms with E-state index in [0.717, 1.165) is 0 Å². The van der Waals surface area contributed by atoms with Gasteiger partial charge in [-0.3, -0.25) is 9.78 Å². The lowest BCUT2D eigenvalue weighted by Gasteiger charge is -2.17. The second-order valence-corrected chi connectivity index (χ2v) is 5.96. The number of carbonyl (C=O) groups excluding carboxylic acids is 2. The smallest absolute Gasteiger partial charge is 0.359 e. The van der Waals surface area contributed by atoms with Crippen molar-refractivity contribution in [1.82, 2.24) is 9.97 Å². The summed E-state index contributed by atoms with van der Waals surface area (Å²) >= 11 is 0. The number of hydrogen-bond donors (Lipinski definition) is 1. The van der Waals surface area contributed by atoms with Gasteiger partial charge in [0.1, 0.15) is 5.75 Å². The van der Waals surface area contributed by atoms with Crippen LogP contribution in [-0.2, 0) is 9.53 Å². The Hall–Kier alpha value is -3.48. The molecule has 2 aromatic carbocycles. The number of benzene rings is 2. The lowest BCUT2D eigenvalue weighted by atomic mass is 10.2. The van der Waals surface area contributed by atoms with E-state index < -0.39 is 18.0 Å². The summed E-state index contributed by atoms with van der Waals surface area (Å²) in [6, 6.07) is 14.3. The third kappa shape index (κ3) is 4.43. The number of aromatic nitrogens is 2. The molecule has 144 valence electrons. The van der Waals surface area contributed by atoms with Crippen molar-refractivity contribution < 1.29 is 19.1 Å². The first kappa shape index (κ1) is 19.3. The average Bonchev–Trinajstić information content (AvgIpc) is 2.73. The van der Waals surface area contributed by atoms with Gasteiger partial charge in [-0.15, -0.1) is 0 Å². The van der Waals surface area contributed by atoms with Crippen molar-refractivity contribution in [2.24, 2.45) is 0 Å². The van der Waals surface area contributed by atoms with Crippen LogP contribution in [-0.4, -0.2) is 34.6 Å². The second kappa shape index (κ2) is 8.94. The van der Waals surface area contributed by atoms with Crippen LogP contribution in [0.5, 0.6) is 5.75 Å². The molecule has 7 nitrogen and oxygen atoms in total. The first-order valence-corrected chi connectivity index (χ1v) is 9.07. The number of nitrogens with zero attached hydrogens (tertiary/aromatic N) is 2. The summed E-state index contributed by atoms with van der Waals surface area (Å²) in [6.45, 7) is 4.09. The Kier molecular flexibility index (Phi) is 6.16. The Bertz CT molecular complexity index is 990. The molecule has 1 heterocycles. The molecule has 0 bridgehead atoms. The molecule has 1 atom stereocenters. The van der Waals surface area contributed by atoms with Gasteiger partial charge in [0.05, 0.1) is 29.5 Å². The predicted octanol–water partition coefficient (Wildman–Crippen LogP) is 3.60. The van der Waals surface area contributed by atoms with Crippen molar-refractivity contribution in [2.45, 2.75) is 26.4 Å². The quantitative estimate of drug-likeness (QED) is 0.631. The molecule has 0 saturated heterocycles. The van der Waals surface area contributed by atoms with Gasteiger partial charge >= 0.3 is 5.97 Å². The highest BCUT2D eigenvalue weighted by atomic mass is 16.5. The van der Waals surface area contributed by atoms with E-state index in [2.05, 4.69) is 15.3 Å². The molecule has 0 aliphatic carbocycles. The molecule has 7 heteroatoms. The van der Waals surface area contributed by atoms with Gasteiger partial charge in [-0.1, -0.05) is 31.2 Å². The lowest BCUT2D eigenvalue weighted by Crippen LogP contribution is -2.32. The Morgan fingerprint density at radius 2 is 1.75 bits per heavy atom. The van der Waals surface area contributed by atoms with Crippen LogP contribution in [0, 0.1) is 0 Å². The number of ether oxygens (including phenoxy) is 2. The number of amides is 1. The number of fused-ring (bicyclic) bond motifs is 1. The first-order chi connectivity index (χ1) is 13.6. The second-order valence-electron chi connectivity index (χ2n) is 5.96. The van der Waals surface area contributed by atoms with E-state index in [-0.39, 0.29) is 5.69 Å². The molecule has 0 aliphatic rings. The van der Waals surface area contributed by atoms with Crippen LogP contribution in [0.2, 0.25) is 0 Å². The fourth-order valence-electron chi connectivity index (χ4n) is 2.63. The lowest BCUT2D eigenvalue weighted by molar-refractivity contribution is -0.124. The molecule has 0 saturated carbocycles. The molecule has 1 amide bonds. The first-order valence-electron chi connectivity index (χ1n) is 9.07. The normalized spacial score (nSPS) is 11.6. The van der Waals surface area contributed by atoms with Crippen molar-refractivity contribution in [2.75, 3.05) is 11.9 Å². The molecule has 1 N–H and O–H groups in total. The summed E-state index contributed by atoms with van der Waals surface area (Å²) in [6.07, 6.45) is 0.699. The summed E-state index contributed by atoms with van der Waals surface area (Å²) in [7, 11) is 0. The Morgan fingerprint density at radius 3 is 2.50 bits per heavy atom. The topological polar surface area (TPSA) is 90.4 Å². The van der Waals surface area contributed by atoms with Crippen LogP contribution < -0.4 is 10.1 Å². The zero-order valence-corrected chi connectivity index (χ0v) is 15.7. The van der Waals surface area contributed by atoms with E-state index in [1.54, 1.807) is 37.3 Å². The molecule has 3 aromatic rings. The summed E-state index contributed by atoms with van der Waals surface area (Å²) in [4.78, 5) is 33.5. The van der Waals surface area contributed by atoms with Crippen LogP contribution in [0.1, 0.15) is 30.8 Å². The van der Waals surface area contributed by atoms with Crippen molar-refractivity contribution in [3.8, 4) is 5.75 Å². The Balaban J connectivity index is 1.72. The standard InChI is InChI=1S/C21H21N3O4/c1-3-18(20(25)24-16-11-7-8-12-19(16)27-4-2)28-21(26)17-13-22-14-9-5-6-10-15(14)23-17/h5-13,18H,3-4H2,1-2H3,(H,24,25). The van der Waals surface area contributed by atoms with Crippen LogP contribution in [0.25, 0.3) is 11.0 Å². The number of hydrogen-bond acceptors (Lipinski definition) is 6. The maximum atomic E-state index is 12.6. The van der Waals surface area contributed by atoms with Crippen molar-refractivity contribution in [1.29, 1.82) is 0 Å². The molecule has 1 unspecified atom stereocenters. The van der Waals surface area contributed by atoms with Gasteiger partial charge in [-0.25, -0.2) is 9.78 Å². The third-order valence-electron chi connectivity index (χ3n) is 4.01. The van der Waals surface area contributed by atoms with Crippen LogP contribution in [0.4, 0.5) is 5.69 Å². The van der Waals surface area contributed by atoms with Gasteiger partial charge in [0.2, 0.25) is 0 Å². The highest BCUT2D eigenvalue weighted by Crippen LogP contribution is 2.24. The number of esters is 1. The molecule has 0 aliphatic heterocycles. The highest BCUT2D eigenvalue weighted by molar-refractivity contribution is 5.98. The Labute approximate surface area is 162 Å². The number of anilines is 1. The molecular weight excluding hydrogens is 358 g/mol. The van der Waals surface area contributed by atoms with Crippen molar-refractivity contribution >= 4 is 28.6 Å². The summed E-state index contributed by atoms with van der Waals surface area (Å²) in [5.41, 5.74) is 1.84. The molecule has 0 radical (unpaired) electrons. The summed E-state index contributed by atoms with van der Waals surface area (Å²) < 4.78 is 10.9. The van der Waals surface area contributed by atoms with Gasteiger partial charge in [0, 0.05) is 0 Å².